The fourth-order valence-electron chi connectivity index (χ4n) is 1.43. The molecule has 2 heterocycles. The van der Waals surface area contributed by atoms with Crippen molar-refractivity contribution >= 4 is 11.6 Å². The van der Waals surface area contributed by atoms with Crippen molar-refractivity contribution < 1.29 is 9.53 Å². The highest BCUT2D eigenvalue weighted by Gasteiger charge is 2.20. The van der Waals surface area contributed by atoms with Gasteiger partial charge in [0.2, 0.25) is 0 Å². The van der Waals surface area contributed by atoms with Gasteiger partial charge in [0.15, 0.2) is 5.69 Å². The summed E-state index contributed by atoms with van der Waals surface area (Å²) in [4.78, 5) is 19.2. The second-order valence-corrected chi connectivity index (χ2v) is 3.36. The molecule has 1 saturated heterocycles. The van der Waals surface area contributed by atoms with Gasteiger partial charge in [0.25, 0.3) is 5.91 Å². The molecule has 0 radical (unpaired) electrons. The summed E-state index contributed by atoms with van der Waals surface area (Å²) in [5.41, 5.74) is 6.08. The molecule has 1 aliphatic rings. The summed E-state index contributed by atoms with van der Waals surface area (Å²) in [6.07, 6.45) is 3.54. The second kappa shape index (κ2) is 4.22. The molecular formula is C9H12N4O2. The lowest BCUT2D eigenvalue weighted by Gasteiger charge is -2.10. The Morgan fingerprint density at radius 1 is 1.67 bits per heavy atom. The van der Waals surface area contributed by atoms with Crippen LogP contribution in [0.25, 0.3) is 0 Å². The van der Waals surface area contributed by atoms with E-state index in [-0.39, 0.29) is 23.3 Å². The fourth-order valence-corrected chi connectivity index (χ4v) is 1.43. The van der Waals surface area contributed by atoms with E-state index >= 15 is 0 Å². The van der Waals surface area contributed by atoms with Crippen molar-refractivity contribution in [2.45, 2.75) is 12.5 Å². The molecule has 1 aromatic rings. The van der Waals surface area contributed by atoms with Crippen LogP contribution in [-0.2, 0) is 4.74 Å². The standard InChI is InChI=1S/C9H12N4O2/c10-7-3-11-5-12-8(7)9(14)13-6-1-2-15-4-6/h3,5-6H,1-2,4,10H2,(H,13,14). The third-order valence-corrected chi connectivity index (χ3v) is 2.22. The molecule has 0 spiro atoms. The van der Waals surface area contributed by atoms with Gasteiger partial charge in [-0.25, -0.2) is 9.97 Å². The Morgan fingerprint density at radius 3 is 3.20 bits per heavy atom. The van der Waals surface area contributed by atoms with Gasteiger partial charge in [-0.3, -0.25) is 4.79 Å². The Hall–Kier alpha value is -1.69. The van der Waals surface area contributed by atoms with Gasteiger partial charge < -0.3 is 15.8 Å². The van der Waals surface area contributed by atoms with E-state index < -0.39 is 0 Å². The lowest BCUT2D eigenvalue weighted by atomic mass is 10.2. The molecule has 2 rings (SSSR count). The number of aromatic nitrogens is 2. The molecule has 6 heteroatoms. The number of hydrogen-bond acceptors (Lipinski definition) is 5. The Bertz CT molecular complexity index is 363. The molecule has 1 fully saturated rings. The quantitative estimate of drug-likeness (QED) is 0.688. The molecule has 6 nitrogen and oxygen atoms in total. The Morgan fingerprint density at radius 2 is 2.53 bits per heavy atom. The van der Waals surface area contributed by atoms with Crippen LogP contribution in [0.2, 0.25) is 0 Å². The molecule has 3 N–H and O–H groups in total. The summed E-state index contributed by atoms with van der Waals surface area (Å²) < 4.78 is 5.15. The smallest absolute Gasteiger partial charge is 0.272 e. The number of ether oxygens (including phenoxy) is 1. The molecule has 1 aliphatic heterocycles. The van der Waals surface area contributed by atoms with Crippen LogP contribution >= 0.6 is 0 Å². The van der Waals surface area contributed by atoms with Gasteiger partial charge in [0, 0.05) is 6.61 Å². The minimum atomic E-state index is -0.273. The average molecular weight is 208 g/mol. The summed E-state index contributed by atoms with van der Waals surface area (Å²) in [6, 6.07) is 0.0619. The summed E-state index contributed by atoms with van der Waals surface area (Å²) in [5, 5.41) is 2.80. The molecule has 0 bridgehead atoms. The fraction of sp³-hybridized carbons (Fsp3) is 0.444. The lowest BCUT2D eigenvalue weighted by molar-refractivity contribution is 0.0925. The number of nitrogens with two attached hydrogens (primary N) is 1. The Labute approximate surface area is 86.9 Å². The van der Waals surface area contributed by atoms with Crippen LogP contribution in [0.15, 0.2) is 12.5 Å². The van der Waals surface area contributed by atoms with Gasteiger partial charge in [-0.1, -0.05) is 0 Å². The zero-order valence-electron chi connectivity index (χ0n) is 8.14. The van der Waals surface area contributed by atoms with Crippen LogP contribution in [0, 0.1) is 0 Å². The van der Waals surface area contributed by atoms with Crippen molar-refractivity contribution in [3.05, 3.63) is 18.2 Å². The minimum absolute atomic E-state index is 0.0619. The zero-order valence-corrected chi connectivity index (χ0v) is 8.14. The van der Waals surface area contributed by atoms with E-state index in [2.05, 4.69) is 15.3 Å². The third-order valence-electron chi connectivity index (χ3n) is 2.22. The third kappa shape index (κ3) is 2.21. The van der Waals surface area contributed by atoms with Crippen molar-refractivity contribution in [1.29, 1.82) is 0 Å². The molecular weight excluding hydrogens is 196 g/mol. The topological polar surface area (TPSA) is 90.1 Å². The molecule has 1 amide bonds. The lowest BCUT2D eigenvalue weighted by Crippen LogP contribution is -2.35. The first-order valence-electron chi connectivity index (χ1n) is 4.71. The molecule has 1 aromatic heterocycles. The summed E-state index contributed by atoms with van der Waals surface area (Å²) in [6.45, 7) is 1.24. The maximum atomic E-state index is 11.7. The van der Waals surface area contributed by atoms with Crippen LogP contribution in [0.1, 0.15) is 16.9 Å². The van der Waals surface area contributed by atoms with Gasteiger partial charge in [-0.15, -0.1) is 0 Å². The Balaban J connectivity index is 2.04. The van der Waals surface area contributed by atoms with Gasteiger partial charge in [0.05, 0.1) is 24.5 Å². The second-order valence-electron chi connectivity index (χ2n) is 3.36. The van der Waals surface area contributed by atoms with Gasteiger partial charge in [0.1, 0.15) is 6.33 Å². The number of carbonyl (C=O) groups is 1. The van der Waals surface area contributed by atoms with Crippen molar-refractivity contribution in [3.8, 4) is 0 Å². The highest BCUT2D eigenvalue weighted by molar-refractivity contribution is 5.96. The van der Waals surface area contributed by atoms with E-state index in [0.29, 0.717) is 13.2 Å². The normalized spacial score (nSPS) is 20.1. The number of nitrogens with one attached hydrogen (secondary N) is 1. The number of carbonyl (C=O) groups excluding carboxylic acids is 1. The number of anilines is 1. The molecule has 0 aromatic carbocycles. The van der Waals surface area contributed by atoms with Crippen LogP contribution < -0.4 is 11.1 Å². The number of rotatable bonds is 2. The van der Waals surface area contributed by atoms with Gasteiger partial charge >= 0.3 is 0 Å². The first-order chi connectivity index (χ1) is 7.27. The predicted molar refractivity (Wildman–Crippen MR) is 53.1 cm³/mol. The largest absolute Gasteiger partial charge is 0.396 e. The molecule has 0 saturated carbocycles. The maximum Gasteiger partial charge on any atom is 0.272 e. The number of nitrogens with zero attached hydrogens (tertiary/aromatic N) is 2. The van der Waals surface area contributed by atoms with E-state index in [1.807, 2.05) is 0 Å². The molecule has 15 heavy (non-hydrogen) atoms. The first-order valence-corrected chi connectivity index (χ1v) is 4.71. The van der Waals surface area contributed by atoms with Crippen LogP contribution in [0.3, 0.4) is 0 Å². The van der Waals surface area contributed by atoms with Crippen LogP contribution in [0.4, 0.5) is 5.69 Å². The van der Waals surface area contributed by atoms with Crippen molar-refractivity contribution in [2.75, 3.05) is 18.9 Å². The van der Waals surface area contributed by atoms with E-state index in [0.717, 1.165) is 6.42 Å². The number of hydrogen-bond donors (Lipinski definition) is 2. The first kappa shape index (κ1) is 9.85. The van der Waals surface area contributed by atoms with E-state index in [1.165, 1.54) is 12.5 Å². The van der Waals surface area contributed by atoms with Crippen LogP contribution in [-0.4, -0.2) is 35.1 Å². The van der Waals surface area contributed by atoms with E-state index in [4.69, 9.17) is 10.5 Å². The predicted octanol–water partition coefficient (Wildman–Crippen LogP) is -0.423. The average Bonchev–Trinajstić information content (AvgIpc) is 2.71. The molecule has 1 unspecified atom stereocenters. The Kier molecular flexibility index (Phi) is 2.77. The SMILES string of the molecule is Nc1cncnc1C(=O)NC1CCOC1. The summed E-state index contributed by atoms with van der Waals surface area (Å²) in [7, 11) is 0. The van der Waals surface area contributed by atoms with Gasteiger partial charge in [-0.05, 0) is 6.42 Å². The highest BCUT2D eigenvalue weighted by atomic mass is 16.5. The monoisotopic (exact) mass is 208 g/mol. The van der Waals surface area contributed by atoms with Crippen molar-refractivity contribution in [3.63, 3.8) is 0 Å². The molecule has 0 aliphatic carbocycles. The summed E-state index contributed by atoms with van der Waals surface area (Å²) >= 11 is 0. The maximum absolute atomic E-state index is 11.7. The van der Waals surface area contributed by atoms with Crippen molar-refractivity contribution in [2.24, 2.45) is 0 Å². The summed E-state index contributed by atoms with van der Waals surface area (Å²) in [5.74, 6) is -0.273. The number of amides is 1. The minimum Gasteiger partial charge on any atom is -0.396 e. The zero-order chi connectivity index (χ0) is 10.7. The van der Waals surface area contributed by atoms with Crippen LogP contribution in [0.5, 0.6) is 0 Å². The van der Waals surface area contributed by atoms with Gasteiger partial charge in [-0.2, -0.15) is 0 Å². The molecule has 80 valence electrons. The van der Waals surface area contributed by atoms with E-state index in [9.17, 15) is 4.79 Å². The van der Waals surface area contributed by atoms with E-state index in [1.54, 1.807) is 0 Å². The highest BCUT2D eigenvalue weighted by Crippen LogP contribution is 2.08. The molecule has 1 atom stereocenters. The number of nitrogen functional groups attached to an aromatic ring is 1. The van der Waals surface area contributed by atoms with Crippen molar-refractivity contribution in [1.82, 2.24) is 15.3 Å².